The predicted octanol–water partition coefficient (Wildman–Crippen LogP) is 2.05. The fraction of sp³-hybridized carbons (Fsp3) is 0.364. The summed E-state index contributed by atoms with van der Waals surface area (Å²) in [5.74, 6) is -0.160. The van der Waals surface area contributed by atoms with Crippen LogP contribution in [0.3, 0.4) is 0 Å². The zero-order valence-electron chi connectivity index (χ0n) is 18.0. The number of carbonyl (C=O) groups excluding carboxylic acids is 2. The van der Waals surface area contributed by atoms with Gasteiger partial charge in [-0.2, -0.15) is 5.10 Å². The summed E-state index contributed by atoms with van der Waals surface area (Å²) < 4.78 is 25.5. The van der Waals surface area contributed by atoms with Gasteiger partial charge in [-0.3, -0.25) is 4.79 Å². The van der Waals surface area contributed by atoms with E-state index in [2.05, 4.69) is 25.6 Å². The first-order valence-electron chi connectivity index (χ1n) is 10.8. The number of urea groups is 1. The zero-order chi connectivity index (χ0) is 23.2. The van der Waals surface area contributed by atoms with Crippen LogP contribution in [0.5, 0.6) is 0 Å². The Kier molecular flexibility index (Phi) is 6.96. The molecule has 2 aliphatic rings. The largest absolute Gasteiger partial charge is 0.357 e. The van der Waals surface area contributed by atoms with E-state index in [0.29, 0.717) is 37.4 Å². The summed E-state index contributed by atoms with van der Waals surface area (Å²) in [5.41, 5.74) is 1.01. The molecule has 0 unspecified atom stereocenters. The Morgan fingerprint density at radius 2 is 1.76 bits per heavy atom. The summed E-state index contributed by atoms with van der Waals surface area (Å²) in [5, 5.41) is 9.79. The Hall–Kier alpha value is -3.76. The normalized spacial score (nSPS) is 15.4. The molecule has 3 amide bonds. The average molecular weight is 457 g/mol. The molecule has 0 radical (unpaired) electrons. The third kappa shape index (κ3) is 5.54. The number of hydrogen-bond acceptors (Lipinski definition) is 5. The highest BCUT2D eigenvalue weighted by Crippen LogP contribution is 2.19. The van der Waals surface area contributed by atoms with Crippen LogP contribution in [0.25, 0.3) is 5.65 Å². The highest BCUT2D eigenvalue weighted by Gasteiger charge is 2.20. The van der Waals surface area contributed by atoms with Crippen molar-refractivity contribution in [1.82, 2.24) is 30.1 Å². The molecule has 1 aromatic carbocycles. The quantitative estimate of drug-likeness (QED) is 0.612. The fourth-order valence-electron chi connectivity index (χ4n) is 3.70. The van der Waals surface area contributed by atoms with Crippen LogP contribution in [0.4, 0.5) is 19.4 Å². The second-order valence-electron chi connectivity index (χ2n) is 7.72. The van der Waals surface area contributed by atoms with Gasteiger partial charge in [0, 0.05) is 45.5 Å². The minimum Gasteiger partial charge on any atom is -0.357 e. The van der Waals surface area contributed by atoms with Crippen molar-refractivity contribution >= 4 is 23.4 Å². The molecule has 2 aliphatic heterocycles. The number of hydrogen-bond donors (Lipinski definition) is 2. The number of aromatic nitrogens is 3. The first kappa shape index (κ1) is 22.4. The van der Waals surface area contributed by atoms with Gasteiger partial charge in [-0.25, -0.2) is 23.1 Å². The number of benzene rings is 1. The van der Waals surface area contributed by atoms with Crippen LogP contribution in [0.2, 0.25) is 0 Å². The summed E-state index contributed by atoms with van der Waals surface area (Å²) in [7, 11) is 0. The zero-order valence-corrected chi connectivity index (χ0v) is 18.0. The summed E-state index contributed by atoms with van der Waals surface area (Å²) in [4.78, 5) is 32.5. The van der Waals surface area contributed by atoms with E-state index in [-0.39, 0.29) is 11.9 Å². The minimum atomic E-state index is -0.411. The molecule has 0 spiro atoms. The number of carbonyl (C=O) groups is 2. The molecule has 3 aromatic rings. The molecule has 2 aromatic heterocycles. The molecule has 2 fully saturated rings. The Bertz CT molecular complexity index is 1090. The molecule has 0 saturated carbocycles. The molecule has 33 heavy (non-hydrogen) atoms. The molecule has 0 aliphatic carbocycles. The van der Waals surface area contributed by atoms with E-state index in [1.165, 1.54) is 19.0 Å². The number of nitrogens with zero attached hydrogens (tertiary/aromatic N) is 5. The molecular weight excluding hydrogens is 432 g/mol. The van der Waals surface area contributed by atoms with E-state index in [1.54, 1.807) is 9.42 Å². The van der Waals surface area contributed by atoms with Crippen molar-refractivity contribution < 1.29 is 18.4 Å². The maximum absolute atomic E-state index is 12.5. The number of nitrogens with one attached hydrogen (secondary N) is 2. The van der Waals surface area contributed by atoms with Crippen LogP contribution in [0.15, 0.2) is 42.7 Å². The van der Waals surface area contributed by atoms with Crippen molar-refractivity contribution in [2.45, 2.75) is 12.8 Å². The van der Waals surface area contributed by atoms with Crippen LogP contribution in [-0.4, -0.2) is 70.7 Å². The van der Waals surface area contributed by atoms with Crippen molar-refractivity contribution in [1.29, 1.82) is 0 Å². The van der Waals surface area contributed by atoms with Crippen LogP contribution >= 0.6 is 0 Å². The second kappa shape index (κ2) is 10.2. The van der Waals surface area contributed by atoms with Crippen LogP contribution < -0.4 is 15.5 Å². The Balaban J connectivity index is 0.000000275. The standard InChI is InChI=1S/C16H21N7O2.C6H4F2/c24-15(17-4-9-22-10-5-18-16(22)25)12-11-19-23-8-3-13(20-14(12)23)21-6-1-2-7-21;7-5-1-2-6(8)4-3-5/h3,8,11H,1-2,4-7,9-10H2,(H,17,24)(H,18,25);1-4H. The van der Waals surface area contributed by atoms with Crippen molar-refractivity contribution in [2.24, 2.45) is 0 Å². The Morgan fingerprint density at radius 3 is 2.39 bits per heavy atom. The van der Waals surface area contributed by atoms with Gasteiger partial charge >= 0.3 is 6.03 Å². The lowest BCUT2D eigenvalue weighted by atomic mass is 10.3. The first-order valence-corrected chi connectivity index (χ1v) is 10.8. The van der Waals surface area contributed by atoms with Crippen molar-refractivity contribution in [3.05, 3.63) is 59.9 Å². The summed E-state index contributed by atoms with van der Waals surface area (Å²) in [6.07, 6.45) is 5.71. The van der Waals surface area contributed by atoms with E-state index < -0.39 is 11.6 Å². The smallest absolute Gasteiger partial charge is 0.317 e. The number of fused-ring (bicyclic) bond motifs is 1. The lowest BCUT2D eigenvalue weighted by Gasteiger charge is -2.16. The maximum Gasteiger partial charge on any atom is 0.317 e. The predicted molar refractivity (Wildman–Crippen MR) is 118 cm³/mol. The van der Waals surface area contributed by atoms with Gasteiger partial charge in [0.15, 0.2) is 5.65 Å². The monoisotopic (exact) mass is 457 g/mol. The molecular formula is C22H25F2N7O2. The van der Waals surface area contributed by atoms with Crippen LogP contribution in [0.1, 0.15) is 23.2 Å². The van der Waals surface area contributed by atoms with Crippen LogP contribution in [0, 0.1) is 11.6 Å². The fourth-order valence-corrected chi connectivity index (χ4v) is 3.70. The van der Waals surface area contributed by atoms with E-state index >= 15 is 0 Å². The van der Waals surface area contributed by atoms with E-state index in [0.717, 1.165) is 43.2 Å². The van der Waals surface area contributed by atoms with Gasteiger partial charge in [-0.1, -0.05) is 0 Å². The average Bonchev–Trinajstić information content (AvgIpc) is 3.57. The minimum absolute atomic E-state index is 0.0813. The number of halogens is 2. The Morgan fingerprint density at radius 1 is 1.06 bits per heavy atom. The van der Waals surface area contributed by atoms with Gasteiger partial charge in [0.2, 0.25) is 0 Å². The van der Waals surface area contributed by atoms with Crippen molar-refractivity contribution in [2.75, 3.05) is 44.2 Å². The third-order valence-electron chi connectivity index (χ3n) is 5.45. The highest BCUT2D eigenvalue weighted by atomic mass is 19.1. The second-order valence-corrected chi connectivity index (χ2v) is 7.72. The van der Waals surface area contributed by atoms with Crippen LogP contribution in [-0.2, 0) is 0 Å². The van der Waals surface area contributed by atoms with Gasteiger partial charge in [0.05, 0.1) is 6.20 Å². The van der Waals surface area contributed by atoms with E-state index in [4.69, 9.17) is 0 Å². The lowest BCUT2D eigenvalue weighted by Crippen LogP contribution is -2.36. The van der Waals surface area contributed by atoms with Gasteiger partial charge < -0.3 is 20.4 Å². The topological polar surface area (TPSA) is 94.9 Å². The molecule has 0 bridgehead atoms. The summed E-state index contributed by atoms with van der Waals surface area (Å²) >= 11 is 0. The molecule has 2 saturated heterocycles. The molecule has 9 nitrogen and oxygen atoms in total. The molecule has 5 rings (SSSR count). The van der Waals surface area contributed by atoms with Gasteiger partial charge in [-0.15, -0.1) is 0 Å². The lowest BCUT2D eigenvalue weighted by molar-refractivity contribution is 0.0951. The van der Waals surface area contributed by atoms with E-state index in [9.17, 15) is 18.4 Å². The molecule has 2 N–H and O–H groups in total. The van der Waals surface area contributed by atoms with Gasteiger partial charge in [0.1, 0.15) is 23.0 Å². The van der Waals surface area contributed by atoms with Crippen molar-refractivity contribution in [3.63, 3.8) is 0 Å². The molecule has 0 atom stereocenters. The highest BCUT2D eigenvalue weighted by molar-refractivity contribution is 5.99. The number of rotatable bonds is 5. The van der Waals surface area contributed by atoms with Gasteiger partial charge in [-0.05, 0) is 43.2 Å². The summed E-state index contributed by atoms with van der Waals surface area (Å²) in [6.45, 7) is 4.21. The summed E-state index contributed by atoms with van der Waals surface area (Å²) in [6, 6.07) is 6.16. The number of anilines is 1. The van der Waals surface area contributed by atoms with Gasteiger partial charge in [0.25, 0.3) is 5.91 Å². The van der Waals surface area contributed by atoms with Crippen molar-refractivity contribution in [3.8, 4) is 0 Å². The molecule has 174 valence electrons. The first-order chi connectivity index (χ1) is 16.0. The molecule has 11 heteroatoms. The third-order valence-corrected chi connectivity index (χ3v) is 5.45. The maximum atomic E-state index is 12.5. The number of amides is 3. The van der Waals surface area contributed by atoms with E-state index in [1.807, 2.05) is 12.3 Å². The SMILES string of the molecule is Fc1ccc(F)cc1.O=C(NCCN1CCNC1=O)c1cnn2ccc(N3CCCC3)nc12. The molecule has 4 heterocycles. The Labute approximate surface area is 189 Å².